The standard InChI is InChI=1S/C13H17NOS.C12H20S/c1-3-5-10(8-11(15)4-2)13-7-6-12(9-14)16-13;1-5-7-12(8-6-2)10-9-11(3)13-4/h6-7,10H,3-5,8H2,1-2H3;5-8,11H,1,9-10H2,2-4H3/b;8-6-,12-7+. The van der Waals surface area contributed by atoms with E-state index in [1.165, 1.54) is 28.2 Å². The maximum Gasteiger partial charge on any atom is 0.133 e. The van der Waals surface area contributed by atoms with E-state index in [1.807, 2.05) is 36.9 Å². The van der Waals surface area contributed by atoms with Gasteiger partial charge in [-0.1, -0.05) is 58.1 Å². The average molecular weight is 432 g/mol. The summed E-state index contributed by atoms with van der Waals surface area (Å²) in [5, 5.41) is 9.53. The highest BCUT2D eigenvalue weighted by Crippen LogP contribution is 2.31. The Morgan fingerprint density at radius 1 is 1.34 bits per heavy atom. The first-order chi connectivity index (χ1) is 13.9. The fourth-order valence-corrected chi connectivity index (χ4v) is 4.11. The summed E-state index contributed by atoms with van der Waals surface area (Å²) in [5.74, 6) is 0.620. The molecule has 0 aliphatic heterocycles. The van der Waals surface area contributed by atoms with Gasteiger partial charge in [0.2, 0.25) is 0 Å². The van der Waals surface area contributed by atoms with Crippen molar-refractivity contribution in [2.24, 2.45) is 0 Å². The maximum atomic E-state index is 11.5. The van der Waals surface area contributed by atoms with Crippen LogP contribution in [0.2, 0.25) is 0 Å². The van der Waals surface area contributed by atoms with Crippen molar-refractivity contribution in [2.45, 2.75) is 77.4 Å². The van der Waals surface area contributed by atoms with Crippen LogP contribution in [-0.4, -0.2) is 17.3 Å². The van der Waals surface area contributed by atoms with Crippen LogP contribution in [0.4, 0.5) is 0 Å². The Hall–Kier alpha value is -1.57. The molecule has 2 nitrogen and oxygen atoms in total. The zero-order valence-corrected chi connectivity index (χ0v) is 20.4. The quantitative estimate of drug-likeness (QED) is 0.314. The number of thioether (sulfide) groups is 1. The van der Waals surface area contributed by atoms with E-state index in [0.29, 0.717) is 24.5 Å². The minimum absolute atomic E-state index is 0.310. The molecule has 0 spiro atoms. The molecule has 160 valence electrons. The molecule has 29 heavy (non-hydrogen) atoms. The summed E-state index contributed by atoms with van der Waals surface area (Å²) >= 11 is 3.45. The number of hydrogen-bond acceptors (Lipinski definition) is 4. The number of hydrogen-bond donors (Lipinski definition) is 0. The highest BCUT2D eigenvalue weighted by molar-refractivity contribution is 7.99. The summed E-state index contributed by atoms with van der Waals surface area (Å²) in [6, 6.07) is 5.98. The molecule has 0 saturated heterocycles. The Morgan fingerprint density at radius 2 is 2.07 bits per heavy atom. The van der Waals surface area contributed by atoms with E-state index >= 15 is 0 Å². The normalized spacial score (nSPS) is 13.3. The van der Waals surface area contributed by atoms with Gasteiger partial charge < -0.3 is 0 Å². The monoisotopic (exact) mass is 431 g/mol. The topological polar surface area (TPSA) is 40.9 Å². The van der Waals surface area contributed by atoms with Gasteiger partial charge >= 0.3 is 0 Å². The van der Waals surface area contributed by atoms with Crippen molar-refractivity contribution in [3.05, 3.63) is 58.3 Å². The molecule has 0 fully saturated rings. The van der Waals surface area contributed by atoms with Crippen LogP contribution in [0.3, 0.4) is 0 Å². The van der Waals surface area contributed by atoms with Gasteiger partial charge in [0.1, 0.15) is 16.7 Å². The largest absolute Gasteiger partial charge is 0.300 e. The second-order valence-corrected chi connectivity index (χ2v) is 9.35. The van der Waals surface area contributed by atoms with Crippen molar-refractivity contribution >= 4 is 28.9 Å². The summed E-state index contributed by atoms with van der Waals surface area (Å²) in [6.45, 7) is 12.1. The summed E-state index contributed by atoms with van der Waals surface area (Å²) in [7, 11) is 0. The molecule has 1 aromatic heterocycles. The molecule has 2 atom stereocenters. The van der Waals surface area contributed by atoms with E-state index < -0.39 is 0 Å². The van der Waals surface area contributed by atoms with Gasteiger partial charge in [-0.05, 0) is 50.1 Å². The summed E-state index contributed by atoms with van der Waals surface area (Å²) in [4.78, 5) is 13.4. The van der Waals surface area contributed by atoms with Crippen LogP contribution >= 0.6 is 23.1 Å². The van der Waals surface area contributed by atoms with Crippen molar-refractivity contribution in [3.8, 4) is 6.07 Å². The van der Waals surface area contributed by atoms with Gasteiger partial charge in [-0.25, -0.2) is 0 Å². The number of ketones is 1. The summed E-state index contributed by atoms with van der Waals surface area (Å²) in [5.41, 5.74) is 1.37. The van der Waals surface area contributed by atoms with Crippen LogP contribution in [0.5, 0.6) is 0 Å². The lowest BCUT2D eigenvalue weighted by Gasteiger charge is -2.12. The average Bonchev–Trinajstić information content (AvgIpc) is 3.21. The number of carbonyl (C=O) groups is 1. The zero-order chi connectivity index (χ0) is 22.1. The third-order valence-electron chi connectivity index (χ3n) is 4.60. The SMILES string of the molecule is C=C/C=C(\C=C/C)CCC(C)SC.CCCC(CC(=O)CC)c1ccc(C#N)s1. The minimum Gasteiger partial charge on any atom is -0.300 e. The second-order valence-electron chi connectivity index (χ2n) is 6.96. The Morgan fingerprint density at radius 3 is 2.55 bits per heavy atom. The van der Waals surface area contributed by atoms with Crippen molar-refractivity contribution in [3.63, 3.8) is 0 Å². The fourth-order valence-electron chi connectivity index (χ4n) is 2.82. The molecule has 0 saturated carbocycles. The Kier molecular flexibility index (Phi) is 16.4. The molecule has 0 amide bonds. The van der Waals surface area contributed by atoms with E-state index in [2.05, 4.69) is 57.9 Å². The van der Waals surface area contributed by atoms with Crippen molar-refractivity contribution in [2.75, 3.05) is 6.26 Å². The second kappa shape index (κ2) is 17.3. The molecule has 4 heteroatoms. The smallest absolute Gasteiger partial charge is 0.133 e. The first-order valence-electron chi connectivity index (χ1n) is 10.4. The number of nitrogens with zero attached hydrogens (tertiary/aromatic N) is 1. The van der Waals surface area contributed by atoms with Gasteiger partial charge in [0.25, 0.3) is 0 Å². The molecular formula is C25H37NOS2. The highest BCUT2D eigenvalue weighted by atomic mass is 32.2. The lowest BCUT2D eigenvalue weighted by atomic mass is 9.95. The first-order valence-corrected chi connectivity index (χ1v) is 12.5. The summed E-state index contributed by atoms with van der Waals surface area (Å²) in [6.07, 6.45) is 16.1. The molecule has 0 aliphatic carbocycles. The van der Waals surface area contributed by atoms with E-state index in [1.54, 1.807) is 0 Å². The Labute approximate surface area is 186 Å². The van der Waals surface area contributed by atoms with Crippen LogP contribution in [0.15, 0.2) is 48.6 Å². The molecule has 0 aliphatic rings. The van der Waals surface area contributed by atoms with Crippen LogP contribution in [0, 0.1) is 11.3 Å². The van der Waals surface area contributed by atoms with Gasteiger partial charge in [0.15, 0.2) is 0 Å². The Bertz CT molecular complexity index is 694. The molecule has 0 N–H and O–H groups in total. The number of Topliss-reactive ketones (excluding diaryl/α,β-unsaturated/α-hetero) is 1. The lowest BCUT2D eigenvalue weighted by molar-refractivity contribution is -0.119. The number of rotatable bonds is 12. The van der Waals surface area contributed by atoms with Crippen molar-refractivity contribution < 1.29 is 4.79 Å². The van der Waals surface area contributed by atoms with Crippen LogP contribution < -0.4 is 0 Å². The molecule has 0 radical (unpaired) electrons. The third-order valence-corrected chi connectivity index (χ3v) is 6.79. The number of allylic oxidation sites excluding steroid dienone is 5. The van der Waals surface area contributed by atoms with Gasteiger partial charge in [-0.15, -0.1) is 11.3 Å². The molecule has 2 unspecified atom stereocenters. The summed E-state index contributed by atoms with van der Waals surface area (Å²) < 4.78 is 0. The molecular weight excluding hydrogens is 394 g/mol. The molecule has 1 heterocycles. The van der Waals surface area contributed by atoms with E-state index in [9.17, 15) is 4.79 Å². The van der Waals surface area contributed by atoms with E-state index in [0.717, 1.165) is 29.4 Å². The molecule has 1 aromatic rings. The highest BCUT2D eigenvalue weighted by Gasteiger charge is 2.16. The lowest BCUT2D eigenvalue weighted by Crippen LogP contribution is -2.04. The number of thiophene rings is 1. The molecule has 0 bridgehead atoms. The van der Waals surface area contributed by atoms with Crippen LogP contribution in [-0.2, 0) is 4.79 Å². The molecule has 1 rings (SSSR count). The Balaban J connectivity index is 0.000000555. The predicted molar refractivity (Wildman–Crippen MR) is 132 cm³/mol. The maximum absolute atomic E-state index is 11.5. The fraction of sp³-hybridized carbons (Fsp3) is 0.520. The van der Waals surface area contributed by atoms with E-state index in [4.69, 9.17) is 5.26 Å². The zero-order valence-electron chi connectivity index (χ0n) is 18.7. The first kappa shape index (κ1) is 27.4. The minimum atomic E-state index is 0.310. The van der Waals surface area contributed by atoms with Crippen LogP contribution in [0.1, 0.15) is 81.9 Å². The van der Waals surface area contributed by atoms with Gasteiger partial charge in [0.05, 0.1) is 0 Å². The third kappa shape index (κ3) is 12.6. The van der Waals surface area contributed by atoms with E-state index in [-0.39, 0.29) is 0 Å². The van der Waals surface area contributed by atoms with Crippen LogP contribution in [0.25, 0.3) is 0 Å². The van der Waals surface area contributed by atoms with Gasteiger partial charge in [-0.2, -0.15) is 17.0 Å². The molecule has 0 aromatic carbocycles. The predicted octanol–water partition coefficient (Wildman–Crippen LogP) is 8.08. The van der Waals surface area contributed by atoms with Crippen molar-refractivity contribution in [1.29, 1.82) is 5.26 Å². The number of nitriles is 1. The van der Waals surface area contributed by atoms with Gasteiger partial charge in [0, 0.05) is 28.9 Å². The van der Waals surface area contributed by atoms with Gasteiger partial charge in [-0.3, -0.25) is 4.79 Å². The van der Waals surface area contributed by atoms with Crippen molar-refractivity contribution in [1.82, 2.24) is 0 Å². The number of carbonyl (C=O) groups excluding carboxylic acids is 1.